The van der Waals surface area contributed by atoms with Crippen molar-refractivity contribution in [1.29, 1.82) is 0 Å². The van der Waals surface area contributed by atoms with Crippen LogP contribution in [0.25, 0.3) is 11.0 Å². The molecule has 0 bridgehead atoms. The van der Waals surface area contributed by atoms with Gasteiger partial charge in [-0.15, -0.1) is 0 Å². The fraction of sp³-hybridized carbons (Fsp3) is 0.364. The van der Waals surface area contributed by atoms with E-state index in [0.717, 1.165) is 11.0 Å². The number of rotatable bonds is 2. The number of fused-ring (bicyclic) bond motifs is 1. The highest BCUT2D eigenvalue weighted by atomic mass is 16.3. The van der Waals surface area contributed by atoms with Crippen LogP contribution in [-0.4, -0.2) is 15.1 Å². The highest BCUT2D eigenvalue weighted by Crippen LogP contribution is 2.23. The van der Waals surface area contributed by atoms with Crippen LogP contribution in [0.2, 0.25) is 0 Å². The molecule has 0 aliphatic heterocycles. The van der Waals surface area contributed by atoms with Gasteiger partial charge >= 0.3 is 0 Å². The lowest BCUT2D eigenvalue weighted by Gasteiger charge is -2.17. The van der Waals surface area contributed by atoms with Gasteiger partial charge in [0.05, 0.1) is 11.0 Å². The van der Waals surface area contributed by atoms with Crippen LogP contribution >= 0.6 is 0 Å². The normalized spacial score (nSPS) is 15.6. The zero-order valence-electron chi connectivity index (χ0n) is 8.41. The zero-order chi connectivity index (χ0) is 10.2. The maximum absolute atomic E-state index is 10.0. The van der Waals surface area contributed by atoms with Crippen LogP contribution < -0.4 is 0 Å². The summed E-state index contributed by atoms with van der Waals surface area (Å²) >= 11 is 0. The molecule has 0 radical (unpaired) electrons. The molecule has 3 nitrogen and oxygen atoms in total. The summed E-state index contributed by atoms with van der Waals surface area (Å²) in [5.41, 5.74) is 1.01. The Morgan fingerprint density at radius 1 is 1.43 bits per heavy atom. The molecule has 0 saturated heterocycles. The maximum atomic E-state index is 10.0. The summed E-state index contributed by atoms with van der Waals surface area (Å²) in [5, 5.41) is 10.0. The Labute approximate surface area is 82.8 Å². The van der Waals surface area contributed by atoms with E-state index < -0.39 is 5.60 Å². The third-order valence-electron chi connectivity index (χ3n) is 2.59. The number of aromatic amines is 1. The molecule has 1 aromatic heterocycles. The second-order valence-electron chi connectivity index (χ2n) is 3.73. The van der Waals surface area contributed by atoms with Gasteiger partial charge in [0.2, 0.25) is 0 Å². The minimum absolute atomic E-state index is 0.640. The topological polar surface area (TPSA) is 48.9 Å². The van der Waals surface area contributed by atoms with E-state index in [-0.39, 0.29) is 0 Å². The molecular weight excluding hydrogens is 176 g/mol. The molecule has 74 valence electrons. The second-order valence-corrected chi connectivity index (χ2v) is 3.73. The summed E-state index contributed by atoms with van der Waals surface area (Å²) in [5.74, 6) is 0.640. The van der Waals surface area contributed by atoms with Gasteiger partial charge in [0.15, 0.2) is 0 Å². The SMILES string of the molecule is CC[C@](C)(O)c1nc2ccccc2[nH]1. The van der Waals surface area contributed by atoms with Crippen molar-refractivity contribution in [3.05, 3.63) is 30.1 Å². The quantitative estimate of drug-likeness (QED) is 0.762. The van der Waals surface area contributed by atoms with E-state index in [1.165, 1.54) is 0 Å². The molecule has 0 aliphatic carbocycles. The van der Waals surface area contributed by atoms with Crippen LogP contribution in [-0.2, 0) is 5.60 Å². The summed E-state index contributed by atoms with van der Waals surface area (Å²) in [6, 6.07) is 7.78. The lowest BCUT2D eigenvalue weighted by Crippen LogP contribution is -2.21. The first-order chi connectivity index (χ1) is 6.63. The summed E-state index contributed by atoms with van der Waals surface area (Å²) in [7, 11) is 0. The van der Waals surface area contributed by atoms with Crippen molar-refractivity contribution in [3.8, 4) is 0 Å². The number of hydrogen-bond acceptors (Lipinski definition) is 2. The smallest absolute Gasteiger partial charge is 0.139 e. The Bertz CT molecular complexity index is 412. The molecule has 3 heteroatoms. The molecule has 2 aromatic rings. The van der Waals surface area contributed by atoms with E-state index in [1.807, 2.05) is 31.2 Å². The zero-order valence-corrected chi connectivity index (χ0v) is 8.41. The maximum Gasteiger partial charge on any atom is 0.139 e. The van der Waals surface area contributed by atoms with E-state index in [9.17, 15) is 5.11 Å². The Morgan fingerprint density at radius 2 is 2.14 bits per heavy atom. The molecule has 14 heavy (non-hydrogen) atoms. The van der Waals surface area contributed by atoms with Crippen molar-refractivity contribution < 1.29 is 5.11 Å². The minimum atomic E-state index is -0.862. The molecule has 0 fully saturated rings. The van der Waals surface area contributed by atoms with Crippen molar-refractivity contribution in [2.75, 3.05) is 0 Å². The van der Waals surface area contributed by atoms with E-state index >= 15 is 0 Å². The Kier molecular flexibility index (Phi) is 2.04. The van der Waals surface area contributed by atoms with Gasteiger partial charge in [-0.25, -0.2) is 4.98 Å². The van der Waals surface area contributed by atoms with E-state index in [1.54, 1.807) is 6.92 Å². The van der Waals surface area contributed by atoms with Crippen LogP contribution in [0.1, 0.15) is 26.1 Å². The highest BCUT2D eigenvalue weighted by Gasteiger charge is 2.24. The Balaban J connectivity index is 2.55. The first kappa shape index (κ1) is 9.21. The fourth-order valence-corrected chi connectivity index (χ4v) is 1.38. The summed E-state index contributed by atoms with van der Waals surface area (Å²) in [4.78, 5) is 7.48. The molecule has 1 heterocycles. The molecule has 0 amide bonds. The van der Waals surface area contributed by atoms with Gasteiger partial charge in [0, 0.05) is 0 Å². The predicted octanol–water partition coefficient (Wildman–Crippen LogP) is 2.18. The number of hydrogen-bond donors (Lipinski definition) is 2. The molecule has 2 rings (SSSR count). The van der Waals surface area contributed by atoms with Crippen LogP contribution in [0.4, 0.5) is 0 Å². The standard InChI is InChI=1S/C11H14N2O/c1-3-11(2,14)10-12-8-6-4-5-7-9(8)13-10/h4-7,14H,3H2,1-2H3,(H,12,13)/t11-/m0/s1. The third-order valence-corrected chi connectivity index (χ3v) is 2.59. The number of H-pyrrole nitrogens is 1. The average Bonchev–Trinajstić information content (AvgIpc) is 2.61. The van der Waals surface area contributed by atoms with Crippen molar-refractivity contribution in [2.24, 2.45) is 0 Å². The highest BCUT2D eigenvalue weighted by molar-refractivity contribution is 5.74. The van der Waals surface area contributed by atoms with Crippen LogP contribution in [0, 0.1) is 0 Å². The van der Waals surface area contributed by atoms with E-state index in [0.29, 0.717) is 12.2 Å². The number of nitrogens with one attached hydrogen (secondary N) is 1. The Morgan fingerprint density at radius 3 is 2.79 bits per heavy atom. The Hall–Kier alpha value is -1.35. The number of aliphatic hydroxyl groups is 1. The number of para-hydroxylation sites is 2. The fourth-order valence-electron chi connectivity index (χ4n) is 1.38. The number of aromatic nitrogens is 2. The molecule has 1 atom stereocenters. The van der Waals surface area contributed by atoms with Gasteiger partial charge in [-0.2, -0.15) is 0 Å². The van der Waals surface area contributed by atoms with Crippen molar-refractivity contribution in [1.82, 2.24) is 9.97 Å². The first-order valence-electron chi connectivity index (χ1n) is 4.81. The van der Waals surface area contributed by atoms with Crippen molar-refractivity contribution >= 4 is 11.0 Å². The molecular formula is C11H14N2O. The van der Waals surface area contributed by atoms with Crippen molar-refractivity contribution in [3.63, 3.8) is 0 Å². The molecule has 0 unspecified atom stereocenters. The third kappa shape index (κ3) is 1.40. The largest absolute Gasteiger partial charge is 0.382 e. The first-order valence-corrected chi connectivity index (χ1v) is 4.81. The minimum Gasteiger partial charge on any atom is -0.382 e. The predicted molar refractivity (Wildman–Crippen MR) is 56.0 cm³/mol. The van der Waals surface area contributed by atoms with Gasteiger partial charge in [-0.05, 0) is 25.5 Å². The van der Waals surface area contributed by atoms with Gasteiger partial charge in [0.25, 0.3) is 0 Å². The lowest BCUT2D eigenvalue weighted by atomic mass is 10.0. The molecule has 0 aliphatic rings. The summed E-state index contributed by atoms with van der Waals surface area (Å²) < 4.78 is 0. The van der Waals surface area contributed by atoms with Crippen LogP contribution in [0.3, 0.4) is 0 Å². The van der Waals surface area contributed by atoms with Gasteiger partial charge in [0.1, 0.15) is 11.4 Å². The molecule has 0 spiro atoms. The lowest BCUT2D eigenvalue weighted by molar-refractivity contribution is 0.0448. The van der Waals surface area contributed by atoms with Crippen LogP contribution in [0.5, 0.6) is 0 Å². The average molecular weight is 190 g/mol. The monoisotopic (exact) mass is 190 g/mol. The van der Waals surface area contributed by atoms with Gasteiger partial charge < -0.3 is 10.1 Å². The number of nitrogens with zero attached hydrogens (tertiary/aromatic N) is 1. The summed E-state index contributed by atoms with van der Waals surface area (Å²) in [6.07, 6.45) is 0.646. The molecule has 0 saturated carbocycles. The van der Waals surface area contributed by atoms with Gasteiger partial charge in [-0.3, -0.25) is 0 Å². The van der Waals surface area contributed by atoms with Gasteiger partial charge in [-0.1, -0.05) is 19.1 Å². The van der Waals surface area contributed by atoms with E-state index in [4.69, 9.17) is 0 Å². The van der Waals surface area contributed by atoms with Crippen molar-refractivity contribution in [2.45, 2.75) is 25.9 Å². The number of benzene rings is 1. The summed E-state index contributed by atoms with van der Waals surface area (Å²) in [6.45, 7) is 3.71. The van der Waals surface area contributed by atoms with E-state index in [2.05, 4.69) is 9.97 Å². The molecule has 1 aromatic carbocycles. The molecule has 2 N–H and O–H groups in total. The van der Waals surface area contributed by atoms with Crippen LogP contribution in [0.15, 0.2) is 24.3 Å². The second kappa shape index (κ2) is 3.10. The number of imidazole rings is 1.